The first kappa shape index (κ1) is 14.1. The SMILES string of the molecule is CCC(=O)c1cnn(COCC[Si](C)(C)C)c1. The maximum atomic E-state index is 11.4. The molecule has 17 heavy (non-hydrogen) atoms. The second-order valence-corrected chi connectivity index (χ2v) is 11.0. The van der Waals surface area contributed by atoms with Gasteiger partial charge in [-0.15, -0.1) is 0 Å². The van der Waals surface area contributed by atoms with E-state index in [0.29, 0.717) is 18.7 Å². The lowest BCUT2D eigenvalue weighted by molar-refractivity contribution is 0.0784. The highest BCUT2D eigenvalue weighted by atomic mass is 28.3. The second kappa shape index (κ2) is 6.12. The van der Waals surface area contributed by atoms with Gasteiger partial charge >= 0.3 is 0 Å². The van der Waals surface area contributed by atoms with Gasteiger partial charge in [0.15, 0.2) is 5.78 Å². The van der Waals surface area contributed by atoms with Gasteiger partial charge in [-0.05, 0) is 6.04 Å². The summed E-state index contributed by atoms with van der Waals surface area (Å²) in [5, 5.41) is 4.10. The third-order valence-electron chi connectivity index (χ3n) is 2.50. The molecule has 1 rings (SSSR count). The monoisotopic (exact) mass is 254 g/mol. The van der Waals surface area contributed by atoms with E-state index in [4.69, 9.17) is 4.74 Å². The van der Waals surface area contributed by atoms with Gasteiger partial charge in [0.05, 0.1) is 11.8 Å². The Balaban J connectivity index is 2.33. The molecule has 5 heteroatoms. The van der Waals surface area contributed by atoms with Gasteiger partial charge in [0.25, 0.3) is 0 Å². The van der Waals surface area contributed by atoms with Crippen LogP contribution in [0.15, 0.2) is 12.4 Å². The van der Waals surface area contributed by atoms with Gasteiger partial charge in [-0.3, -0.25) is 4.79 Å². The van der Waals surface area contributed by atoms with Gasteiger partial charge in [-0.25, -0.2) is 4.68 Å². The fourth-order valence-corrected chi connectivity index (χ4v) is 2.08. The molecule has 0 spiro atoms. The number of hydrogen-bond donors (Lipinski definition) is 0. The predicted molar refractivity (Wildman–Crippen MR) is 71.0 cm³/mol. The largest absolute Gasteiger partial charge is 0.360 e. The average Bonchev–Trinajstić information content (AvgIpc) is 2.70. The number of rotatable bonds is 7. The van der Waals surface area contributed by atoms with Gasteiger partial charge in [-0.1, -0.05) is 26.6 Å². The van der Waals surface area contributed by atoms with E-state index in [1.165, 1.54) is 0 Å². The predicted octanol–water partition coefficient (Wildman–Crippen LogP) is 2.79. The van der Waals surface area contributed by atoms with Crippen LogP contribution in [-0.2, 0) is 11.5 Å². The van der Waals surface area contributed by atoms with Crippen molar-refractivity contribution in [2.45, 2.75) is 45.8 Å². The molecule has 0 amide bonds. The molecule has 96 valence electrons. The minimum Gasteiger partial charge on any atom is -0.360 e. The molecule has 1 heterocycles. The lowest BCUT2D eigenvalue weighted by atomic mass is 10.2. The van der Waals surface area contributed by atoms with Gasteiger partial charge in [0.1, 0.15) is 6.73 Å². The van der Waals surface area contributed by atoms with Crippen molar-refractivity contribution in [2.24, 2.45) is 0 Å². The molecule has 0 atom stereocenters. The van der Waals surface area contributed by atoms with Gasteiger partial charge in [-0.2, -0.15) is 5.10 Å². The van der Waals surface area contributed by atoms with E-state index in [2.05, 4.69) is 24.7 Å². The maximum absolute atomic E-state index is 11.4. The highest BCUT2D eigenvalue weighted by Gasteiger charge is 2.12. The smallest absolute Gasteiger partial charge is 0.165 e. The van der Waals surface area contributed by atoms with Crippen molar-refractivity contribution < 1.29 is 9.53 Å². The lowest BCUT2D eigenvalue weighted by Gasteiger charge is -2.15. The third-order valence-corrected chi connectivity index (χ3v) is 4.20. The van der Waals surface area contributed by atoms with Gasteiger partial charge in [0, 0.05) is 27.3 Å². The molecule has 0 aliphatic heterocycles. The van der Waals surface area contributed by atoms with Crippen molar-refractivity contribution in [3.63, 3.8) is 0 Å². The molecular weight excluding hydrogens is 232 g/mol. The van der Waals surface area contributed by atoms with E-state index < -0.39 is 8.07 Å². The Morgan fingerprint density at radius 2 is 2.18 bits per heavy atom. The summed E-state index contributed by atoms with van der Waals surface area (Å²) in [5.74, 6) is 0.123. The number of carbonyl (C=O) groups excluding carboxylic acids is 1. The van der Waals surface area contributed by atoms with Crippen LogP contribution in [0, 0.1) is 0 Å². The Morgan fingerprint density at radius 3 is 2.76 bits per heavy atom. The highest BCUT2D eigenvalue weighted by Crippen LogP contribution is 2.08. The van der Waals surface area contributed by atoms with E-state index in [9.17, 15) is 4.79 Å². The van der Waals surface area contributed by atoms with Crippen molar-refractivity contribution in [2.75, 3.05) is 6.61 Å². The summed E-state index contributed by atoms with van der Waals surface area (Å²) in [4.78, 5) is 11.4. The van der Waals surface area contributed by atoms with Crippen LogP contribution in [0.5, 0.6) is 0 Å². The first-order chi connectivity index (χ1) is 7.92. The van der Waals surface area contributed by atoms with Crippen molar-refractivity contribution in [3.8, 4) is 0 Å². The summed E-state index contributed by atoms with van der Waals surface area (Å²) in [5.41, 5.74) is 0.668. The van der Waals surface area contributed by atoms with Crippen molar-refractivity contribution >= 4 is 13.9 Å². The summed E-state index contributed by atoms with van der Waals surface area (Å²) in [6.07, 6.45) is 3.87. The summed E-state index contributed by atoms with van der Waals surface area (Å²) >= 11 is 0. The molecule has 1 aromatic heterocycles. The molecule has 0 saturated heterocycles. The van der Waals surface area contributed by atoms with E-state index in [1.807, 2.05) is 6.92 Å². The van der Waals surface area contributed by atoms with Gasteiger partial charge in [0.2, 0.25) is 0 Å². The molecule has 0 N–H and O–H groups in total. The van der Waals surface area contributed by atoms with Crippen LogP contribution in [-0.4, -0.2) is 30.2 Å². The molecule has 0 aliphatic rings. The van der Waals surface area contributed by atoms with Crippen molar-refractivity contribution in [1.29, 1.82) is 0 Å². The summed E-state index contributed by atoms with van der Waals surface area (Å²) in [6.45, 7) is 10.0. The van der Waals surface area contributed by atoms with E-state index in [0.717, 1.165) is 12.7 Å². The normalized spacial score (nSPS) is 11.8. The molecule has 4 nitrogen and oxygen atoms in total. The van der Waals surface area contributed by atoms with Crippen LogP contribution in [0.1, 0.15) is 23.7 Å². The number of ether oxygens (including phenoxy) is 1. The van der Waals surface area contributed by atoms with Crippen LogP contribution in [0.4, 0.5) is 0 Å². The molecule has 0 aliphatic carbocycles. The number of hydrogen-bond acceptors (Lipinski definition) is 3. The maximum Gasteiger partial charge on any atom is 0.165 e. The second-order valence-electron chi connectivity index (χ2n) is 5.39. The molecule has 0 unspecified atom stereocenters. The van der Waals surface area contributed by atoms with Crippen molar-refractivity contribution in [1.82, 2.24) is 9.78 Å². The Kier molecular flexibility index (Phi) is 5.08. The summed E-state index contributed by atoms with van der Waals surface area (Å²) in [7, 11) is -1.02. The zero-order valence-electron chi connectivity index (χ0n) is 11.2. The van der Waals surface area contributed by atoms with Crippen LogP contribution >= 0.6 is 0 Å². The zero-order chi connectivity index (χ0) is 12.9. The topological polar surface area (TPSA) is 44.1 Å². The quantitative estimate of drug-likeness (QED) is 0.427. The highest BCUT2D eigenvalue weighted by molar-refractivity contribution is 6.76. The van der Waals surface area contributed by atoms with Crippen LogP contribution in [0.2, 0.25) is 25.7 Å². The van der Waals surface area contributed by atoms with Gasteiger partial charge < -0.3 is 4.74 Å². The molecular formula is C12H22N2O2Si. The number of ketones is 1. The number of carbonyl (C=O) groups is 1. The summed E-state index contributed by atoms with van der Waals surface area (Å²) < 4.78 is 7.22. The van der Waals surface area contributed by atoms with E-state index in [-0.39, 0.29) is 5.78 Å². The molecule has 1 aromatic rings. The van der Waals surface area contributed by atoms with Crippen LogP contribution in [0.3, 0.4) is 0 Å². The number of Topliss-reactive ketones (excluding diaryl/α,β-unsaturated/α-hetero) is 1. The fraction of sp³-hybridized carbons (Fsp3) is 0.667. The molecule has 0 radical (unpaired) electrons. The van der Waals surface area contributed by atoms with Crippen LogP contribution < -0.4 is 0 Å². The van der Waals surface area contributed by atoms with Crippen LogP contribution in [0.25, 0.3) is 0 Å². The lowest BCUT2D eigenvalue weighted by Crippen LogP contribution is -2.22. The molecule has 0 saturated carbocycles. The Bertz CT molecular complexity index is 369. The Morgan fingerprint density at radius 1 is 1.47 bits per heavy atom. The first-order valence-electron chi connectivity index (χ1n) is 6.06. The Hall–Kier alpha value is -0.943. The first-order valence-corrected chi connectivity index (χ1v) is 9.76. The zero-order valence-corrected chi connectivity index (χ0v) is 12.2. The Labute approximate surface area is 104 Å². The minimum atomic E-state index is -1.02. The number of aromatic nitrogens is 2. The van der Waals surface area contributed by atoms with Crippen molar-refractivity contribution in [3.05, 3.63) is 18.0 Å². The molecule has 0 fully saturated rings. The fourth-order valence-electron chi connectivity index (χ4n) is 1.32. The average molecular weight is 254 g/mol. The van der Waals surface area contributed by atoms with E-state index >= 15 is 0 Å². The molecule has 0 aromatic carbocycles. The summed E-state index contributed by atoms with van der Waals surface area (Å²) in [6, 6.07) is 1.15. The molecule has 0 bridgehead atoms. The van der Waals surface area contributed by atoms with E-state index in [1.54, 1.807) is 17.1 Å². The number of nitrogens with zero attached hydrogens (tertiary/aromatic N) is 2. The minimum absolute atomic E-state index is 0.123. The third kappa shape index (κ3) is 5.28. The standard InChI is InChI=1S/C12H22N2O2Si/c1-5-12(15)11-8-13-14(9-11)10-16-6-7-17(2,3)4/h8-9H,5-7,10H2,1-4H3.